The van der Waals surface area contributed by atoms with Gasteiger partial charge < -0.3 is 19.5 Å². The fraction of sp³-hybridized carbons (Fsp3) is 0.372. The van der Waals surface area contributed by atoms with Gasteiger partial charge in [0.1, 0.15) is 5.75 Å². The first-order valence-electron chi connectivity index (χ1n) is 19.0. The number of nitrogens with zero attached hydrogens (tertiary/aromatic N) is 4. The van der Waals surface area contributed by atoms with Gasteiger partial charge in [0.2, 0.25) is 0 Å². The number of thiazole rings is 2. The van der Waals surface area contributed by atoms with Crippen LogP contribution in [-0.2, 0) is 28.9 Å². The van der Waals surface area contributed by atoms with Crippen molar-refractivity contribution in [3.63, 3.8) is 0 Å². The Hall–Kier alpha value is -5.29. The highest BCUT2D eigenvalue weighted by Crippen LogP contribution is 2.45. The number of aryl methyl sites for hydroxylation is 1. The van der Waals surface area contributed by atoms with E-state index < -0.39 is 11.9 Å². The number of anilines is 2. The summed E-state index contributed by atoms with van der Waals surface area (Å²) >= 11 is 2.93. The summed E-state index contributed by atoms with van der Waals surface area (Å²) in [4.78, 5) is 52.3. The lowest BCUT2D eigenvalue weighted by Gasteiger charge is -2.52. The monoisotopic (exact) mass is 789 g/mol. The molecule has 5 aromatic rings. The largest absolute Gasteiger partial charge is 0.494 e. The van der Waals surface area contributed by atoms with Gasteiger partial charge in [-0.15, -0.1) is 11.3 Å². The predicted octanol–water partition coefficient (Wildman–Crippen LogP) is 7.29. The summed E-state index contributed by atoms with van der Waals surface area (Å²) in [6.45, 7) is 4.39. The average Bonchev–Trinajstić information content (AvgIpc) is 3.83. The molecule has 0 radical (unpaired) electrons. The summed E-state index contributed by atoms with van der Waals surface area (Å²) in [6, 6.07) is 21.4. The van der Waals surface area contributed by atoms with Crippen LogP contribution in [0.3, 0.4) is 0 Å². The number of hydrogen-bond acceptors (Lipinski definition) is 11. The van der Waals surface area contributed by atoms with Crippen LogP contribution in [-0.4, -0.2) is 77.7 Å². The van der Waals surface area contributed by atoms with Gasteiger partial charge in [0.25, 0.3) is 5.91 Å². The number of hydrogen-bond donors (Lipinski definition) is 2. The second-order valence-corrected chi connectivity index (χ2v) is 16.9. The molecule has 1 aliphatic carbocycles. The van der Waals surface area contributed by atoms with Crippen molar-refractivity contribution in [2.75, 3.05) is 50.1 Å². The summed E-state index contributed by atoms with van der Waals surface area (Å²) in [7, 11) is 1.37. The number of aromatic nitrogens is 2. The highest BCUT2D eigenvalue weighted by atomic mass is 32.1. The van der Waals surface area contributed by atoms with E-state index in [1.807, 2.05) is 60.7 Å². The zero-order valence-electron chi connectivity index (χ0n) is 31.2. The van der Waals surface area contributed by atoms with Gasteiger partial charge in [-0.05, 0) is 104 Å². The molecule has 0 unspecified atom stereocenters. The lowest BCUT2D eigenvalue weighted by atomic mass is 9.66. The second-order valence-electron chi connectivity index (χ2n) is 14.9. The van der Waals surface area contributed by atoms with Crippen molar-refractivity contribution in [2.24, 2.45) is 11.3 Å². The summed E-state index contributed by atoms with van der Waals surface area (Å²) in [5, 5.41) is 13.6. The Morgan fingerprint density at radius 3 is 2.57 bits per heavy atom. The number of benzene rings is 3. The van der Waals surface area contributed by atoms with E-state index in [1.165, 1.54) is 29.8 Å². The van der Waals surface area contributed by atoms with E-state index in [-0.39, 0.29) is 11.8 Å². The average molecular weight is 790 g/mol. The van der Waals surface area contributed by atoms with Gasteiger partial charge >= 0.3 is 11.9 Å². The van der Waals surface area contributed by atoms with Gasteiger partial charge in [-0.25, -0.2) is 14.8 Å². The van der Waals surface area contributed by atoms with Crippen molar-refractivity contribution in [2.45, 2.75) is 51.5 Å². The number of esters is 1. The van der Waals surface area contributed by atoms with Gasteiger partial charge in [-0.2, -0.15) is 0 Å². The molecule has 1 amide bonds. The minimum absolute atomic E-state index is 0.173. The van der Waals surface area contributed by atoms with Gasteiger partial charge in [0.15, 0.2) is 16.0 Å². The molecule has 3 aliphatic rings. The molecule has 4 heterocycles. The normalized spacial score (nSPS) is 16.4. The Labute approximate surface area is 333 Å². The molecule has 56 heavy (non-hydrogen) atoms. The Bertz CT molecular complexity index is 2280. The molecule has 2 fully saturated rings. The Kier molecular flexibility index (Phi) is 11.0. The van der Waals surface area contributed by atoms with E-state index in [0.29, 0.717) is 60.9 Å². The van der Waals surface area contributed by atoms with Gasteiger partial charge in [0, 0.05) is 42.2 Å². The fourth-order valence-electron chi connectivity index (χ4n) is 8.07. The molecule has 0 bridgehead atoms. The number of ether oxygens (including phenoxy) is 2. The van der Waals surface area contributed by atoms with Crippen LogP contribution in [0.4, 0.5) is 10.3 Å². The van der Waals surface area contributed by atoms with Gasteiger partial charge in [0.05, 0.1) is 36.4 Å². The lowest BCUT2D eigenvalue weighted by molar-refractivity contribution is -0.145. The smallest absolute Gasteiger partial charge is 0.357 e. The summed E-state index contributed by atoms with van der Waals surface area (Å²) in [5.41, 5.74) is 5.07. The molecule has 1 spiro atoms. The topological polar surface area (TPSA) is 134 Å². The Morgan fingerprint density at radius 2 is 1.80 bits per heavy atom. The van der Waals surface area contributed by atoms with Crippen molar-refractivity contribution >= 4 is 61.0 Å². The van der Waals surface area contributed by atoms with Crippen molar-refractivity contribution in [1.82, 2.24) is 14.9 Å². The predicted molar refractivity (Wildman–Crippen MR) is 218 cm³/mol. The number of carbonyl (C=O) groups is 3. The van der Waals surface area contributed by atoms with Crippen molar-refractivity contribution in [1.29, 1.82) is 0 Å². The molecule has 2 aliphatic heterocycles. The molecule has 8 rings (SSSR count). The van der Waals surface area contributed by atoms with Crippen LogP contribution < -0.4 is 15.0 Å². The second kappa shape index (κ2) is 16.4. The first kappa shape index (κ1) is 37.6. The quantitative estimate of drug-likeness (QED) is 0.0799. The van der Waals surface area contributed by atoms with E-state index in [4.69, 9.17) is 14.5 Å². The van der Waals surface area contributed by atoms with Gasteiger partial charge in [-0.1, -0.05) is 47.4 Å². The number of amides is 1. The number of aliphatic carboxylic acids is 1. The highest BCUT2D eigenvalue weighted by molar-refractivity contribution is 7.22. The minimum Gasteiger partial charge on any atom is -0.494 e. The lowest BCUT2D eigenvalue weighted by Crippen LogP contribution is -2.57. The first-order valence-corrected chi connectivity index (χ1v) is 20.7. The molecule has 288 valence electrons. The molecule has 11 nitrogen and oxygen atoms in total. The van der Waals surface area contributed by atoms with Crippen molar-refractivity contribution in [3.8, 4) is 17.6 Å². The summed E-state index contributed by atoms with van der Waals surface area (Å²) in [5.74, 6) is 5.80. The van der Waals surface area contributed by atoms with Crippen LogP contribution in [0.5, 0.6) is 5.75 Å². The van der Waals surface area contributed by atoms with E-state index in [0.717, 1.165) is 87.9 Å². The van der Waals surface area contributed by atoms with Crippen LogP contribution in [0.1, 0.15) is 74.5 Å². The Balaban J connectivity index is 0.835. The third-order valence-corrected chi connectivity index (χ3v) is 13.2. The number of carbonyl (C=O) groups excluding carboxylic acids is 2. The maximum Gasteiger partial charge on any atom is 0.357 e. The van der Waals surface area contributed by atoms with Crippen molar-refractivity contribution in [3.05, 3.63) is 99.6 Å². The van der Waals surface area contributed by atoms with E-state index >= 15 is 0 Å². The summed E-state index contributed by atoms with van der Waals surface area (Å²) < 4.78 is 12.2. The van der Waals surface area contributed by atoms with Crippen LogP contribution in [0.2, 0.25) is 0 Å². The van der Waals surface area contributed by atoms with E-state index in [9.17, 15) is 19.5 Å². The summed E-state index contributed by atoms with van der Waals surface area (Å²) in [6.07, 6.45) is 5.60. The fourth-order valence-corrected chi connectivity index (χ4v) is 10.0. The zero-order valence-corrected chi connectivity index (χ0v) is 32.8. The molecule has 1 saturated carbocycles. The van der Waals surface area contributed by atoms with E-state index in [2.05, 4.69) is 38.0 Å². The molecule has 3 aromatic carbocycles. The number of fused-ring (bicyclic) bond motifs is 2. The van der Waals surface area contributed by atoms with Crippen LogP contribution >= 0.6 is 22.7 Å². The van der Waals surface area contributed by atoms with Crippen LogP contribution in [0.15, 0.2) is 66.7 Å². The number of carboxylic acids is 1. The number of methoxy groups -OCH3 is 1. The zero-order chi connectivity index (χ0) is 38.6. The molecule has 2 aromatic heterocycles. The Morgan fingerprint density at radius 1 is 1.00 bits per heavy atom. The van der Waals surface area contributed by atoms with E-state index in [1.54, 1.807) is 0 Å². The minimum atomic E-state index is -0.652. The van der Waals surface area contributed by atoms with Crippen LogP contribution in [0, 0.1) is 23.2 Å². The van der Waals surface area contributed by atoms with Crippen LogP contribution in [0.25, 0.3) is 10.2 Å². The number of carboxylic acid groups (broad SMARTS) is 1. The maximum absolute atomic E-state index is 13.5. The number of likely N-dealkylation sites (tertiary alicyclic amines) is 1. The molecule has 0 atom stereocenters. The van der Waals surface area contributed by atoms with Gasteiger partial charge in [-0.3, -0.25) is 19.8 Å². The third kappa shape index (κ3) is 8.28. The SMILES string of the molecule is COC(=O)c1nc(N2CCc3cccc(C(=O)Nc4nc5ccccc5s4)c3C2)sc1CCCOc1ccc(C#CCN2CC3(CCC(C(=O)O)CC3)C2)cc1. The molecule has 13 heteroatoms. The number of rotatable bonds is 11. The first-order chi connectivity index (χ1) is 27.3. The standard InChI is InChI=1S/C43H43N5O6S2/c1-53-40(52)37-36(12-6-24-54-31-15-13-28(14-16-31)7-5-22-47-26-43(27-47)20-17-30(18-21-43)39(50)51)56-42(45-37)48-23-19-29-8-4-9-32(33(29)25-48)38(49)46-41-44-34-10-2-3-11-35(34)55-41/h2-4,8-11,13-16,30H,6,12,17-27H2,1H3,(H,50,51)(H,44,46,49). The maximum atomic E-state index is 13.5. The molecular formula is C43H43N5O6S2. The molecule has 1 saturated heterocycles. The molecule has 2 N–H and O–H groups in total. The van der Waals surface area contributed by atoms with Crippen molar-refractivity contribution < 1.29 is 29.0 Å². The molecular weight excluding hydrogens is 747 g/mol. The number of nitrogens with one attached hydrogen (secondary N) is 1. The highest BCUT2D eigenvalue weighted by Gasteiger charge is 2.45. The third-order valence-electron chi connectivity index (χ3n) is 11.1. The number of para-hydroxylation sites is 1.